The molecular formula is C15H11ClN4O2S. The summed E-state index contributed by atoms with van der Waals surface area (Å²) in [6, 6.07) is 11.4. The van der Waals surface area contributed by atoms with Crippen molar-refractivity contribution in [3.05, 3.63) is 57.8 Å². The molecule has 0 saturated carbocycles. The van der Waals surface area contributed by atoms with E-state index in [9.17, 15) is 10.2 Å². The van der Waals surface area contributed by atoms with Gasteiger partial charge in [0.25, 0.3) is 0 Å². The summed E-state index contributed by atoms with van der Waals surface area (Å²) in [5.41, 5.74) is 1.10. The Bertz CT molecular complexity index is 949. The van der Waals surface area contributed by atoms with Crippen LogP contribution in [0.5, 0.6) is 11.5 Å². The molecule has 23 heavy (non-hydrogen) atoms. The van der Waals surface area contributed by atoms with Crippen molar-refractivity contribution < 1.29 is 10.2 Å². The zero-order valence-corrected chi connectivity index (χ0v) is 13.2. The number of aromatic hydroxyl groups is 2. The van der Waals surface area contributed by atoms with E-state index in [4.69, 9.17) is 23.8 Å². The van der Waals surface area contributed by atoms with Gasteiger partial charge < -0.3 is 10.2 Å². The van der Waals surface area contributed by atoms with Crippen molar-refractivity contribution in [3.63, 3.8) is 0 Å². The summed E-state index contributed by atoms with van der Waals surface area (Å²) >= 11 is 11.3. The van der Waals surface area contributed by atoms with Crippen molar-refractivity contribution in [3.8, 4) is 22.9 Å². The van der Waals surface area contributed by atoms with Crippen LogP contribution < -0.4 is 0 Å². The van der Waals surface area contributed by atoms with Crippen LogP contribution >= 0.6 is 23.8 Å². The lowest BCUT2D eigenvalue weighted by Gasteiger charge is -2.03. The van der Waals surface area contributed by atoms with Crippen LogP contribution in [0.2, 0.25) is 5.02 Å². The Morgan fingerprint density at radius 2 is 2.00 bits per heavy atom. The second-order valence-electron chi connectivity index (χ2n) is 4.63. The first-order valence-corrected chi connectivity index (χ1v) is 7.33. The van der Waals surface area contributed by atoms with Crippen LogP contribution in [0.25, 0.3) is 11.4 Å². The number of benzene rings is 2. The van der Waals surface area contributed by atoms with Gasteiger partial charge in [0, 0.05) is 17.2 Å². The van der Waals surface area contributed by atoms with E-state index in [-0.39, 0.29) is 16.3 Å². The topological polar surface area (TPSA) is 86.4 Å². The van der Waals surface area contributed by atoms with Gasteiger partial charge in [-0.3, -0.25) is 0 Å². The number of phenols is 2. The quantitative estimate of drug-likeness (QED) is 0.500. The molecule has 0 atom stereocenters. The average Bonchev–Trinajstić information content (AvgIpc) is 2.88. The molecule has 0 spiro atoms. The summed E-state index contributed by atoms with van der Waals surface area (Å²) in [5, 5.41) is 30.7. The fraction of sp³-hybridized carbons (Fsp3) is 0. The standard InChI is InChI=1S/C15H11ClN4O2S/c16-12-4-2-1-3-11(12)14-18-19-15(23)20(14)17-8-9-5-6-10(21)7-13(9)22/h1-8,21-22H,(H,19,23). The highest BCUT2D eigenvalue weighted by atomic mass is 35.5. The van der Waals surface area contributed by atoms with Crippen molar-refractivity contribution >= 4 is 30.0 Å². The van der Waals surface area contributed by atoms with Crippen molar-refractivity contribution in [2.75, 3.05) is 0 Å². The van der Waals surface area contributed by atoms with Gasteiger partial charge in [0.15, 0.2) is 5.82 Å². The molecule has 1 aromatic heterocycles. The van der Waals surface area contributed by atoms with E-state index in [0.29, 0.717) is 22.0 Å². The average molecular weight is 347 g/mol. The van der Waals surface area contributed by atoms with E-state index in [0.717, 1.165) is 0 Å². The fourth-order valence-electron chi connectivity index (χ4n) is 1.98. The maximum atomic E-state index is 9.79. The van der Waals surface area contributed by atoms with Crippen LogP contribution in [0.3, 0.4) is 0 Å². The van der Waals surface area contributed by atoms with Gasteiger partial charge >= 0.3 is 0 Å². The highest BCUT2D eigenvalue weighted by Crippen LogP contribution is 2.26. The number of nitrogens with one attached hydrogen (secondary N) is 1. The van der Waals surface area contributed by atoms with Crippen LogP contribution in [0, 0.1) is 4.77 Å². The Morgan fingerprint density at radius 1 is 1.22 bits per heavy atom. The highest BCUT2D eigenvalue weighted by molar-refractivity contribution is 7.71. The maximum absolute atomic E-state index is 9.79. The lowest BCUT2D eigenvalue weighted by atomic mass is 10.2. The molecule has 6 nitrogen and oxygen atoms in total. The summed E-state index contributed by atoms with van der Waals surface area (Å²) < 4.78 is 1.69. The van der Waals surface area contributed by atoms with Crippen molar-refractivity contribution in [2.45, 2.75) is 0 Å². The summed E-state index contributed by atoms with van der Waals surface area (Å²) in [7, 11) is 0. The number of hydrogen-bond donors (Lipinski definition) is 3. The van der Waals surface area contributed by atoms with Gasteiger partial charge in [0.2, 0.25) is 4.77 Å². The van der Waals surface area contributed by atoms with Crippen molar-refractivity contribution in [1.29, 1.82) is 0 Å². The largest absolute Gasteiger partial charge is 0.508 e. The highest BCUT2D eigenvalue weighted by Gasteiger charge is 2.11. The number of phenolic OH excluding ortho intramolecular Hbond substituents is 2. The normalized spacial score (nSPS) is 11.2. The molecule has 3 rings (SSSR count). The molecule has 3 aromatic rings. The lowest BCUT2D eigenvalue weighted by Crippen LogP contribution is -1.95. The monoisotopic (exact) mass is 346 g/mol. The zero-order chi connectivity index (χ0) is 16.4. The smallest absolute Gasteiger partial charge is 0.216 e. The van der Waals surface area contributed by atoms with Crippen LogP contribution in [-0.4, -0.2) is 31.3 Å². The van der Waals surface area contributed by atoms with Crippen LogP contribution in [-0.2, 0) is 0 Å². The lowest BCUT2D eigenvalue weighted by molar-refractivity contribution is 0.450. The third kappa shape index (κ3) is 3.10. The van der Waals surface area contributed by atoms with Gasteiger partial charge in [-0.2, -0.15) is 14.9 Å². The molecule has 0 amide bonds. The first-order valence-electron chi connectivity index (χ1n) is 6.55. The van der Waals surface area contributed by atoms with Crippen LogP contribution in [0.1, 0.15) is 5.56 Å². The Morgan fingerprint density at radius 3 is 2.74 bits per heavy atom. The predicted molar refractivity (Wildman–Crippen MR) is 90.6 cm³/mol. The first-order chi connectivity index (χ1) is 11.1. The number of halogens is 1. The Kier molecular flexibility index (Phi) is 4.14. The molecule has 0 bridgehead atoms. The predicted octanol–water partition coefficient (Wildman–Crippen LogP) is 3.55. The van der Waals surface area contributed by atoms with Crippen molar-refractivity contribution in [1.82, 2.24) is 14.9 Å². The number of H-pyrrole nitrogens is 1. The van der Waals surface area contributed by atoms with Gasteiger partial charge in [0.1, 0.15) is 11.5 Å². The summed E-state index contributed by atoms with van der Waals surface area (Å²) in [6.07, 6.45) is 1.42. The molecule has 1 heterocycles. The number of aromatic nitrogens is 3. The number of aromatic amines is 1. The van der Waals surface area contributed by atoms with E-state index < -0.39 is 0 Å². The third-order valence-corrected chi connectivity index (χ3v) is 3.69. The SMILES string of the molecule is Oc1ccc(C=Nn2c(-c3ccccc3Cl)n[nH]c2=S)c(O)c1. The third-order valence-electron chi connectivity index (χ3n) is 3.09. The second kappa shape index (κ2) is 6.23. The fourth-order valence-corrected chi connectivity index (χ4v) is 2.38. The minimum Gasteiger partial charge on any atom is -0.508 e. The molecule has 0 fully saturated rings. The van der Waals surface area contributed by atoms with E-state index in [1.54, 1.807) is 12.1 Å². The van der Waals surface area contributed by atoms with Gasteiger partial charge in [-0.15, -0.1) is 0 Å². The summed E-state index contributed by atoms with van der Waals surface area (Å²) in [4.78, 5) is 0. The molecule has 8 heteroatoms. The van der Waals surface area contributed by atoms with Gasteiger partial charge in [0.05, 0.1) is 11.2 Å². The molecule has 0 aliphatic rings. The van der Waals surface area contributed by atoms with Crippen LogP contribution in [0.15, 0.2) is 47.6 Å². The zero-order valence-electron chi connectivity index (χ0n) is 11.6. The minimum atomic E-state index is -0.0944. The molecule has 3 N–H and O–H groups in total. The maximum Gasteiger partial charge on any atom is 0.216 e. The summed E-state index contributed by atoms with van der Waals surface area (Å²) in [6.45, 7) is 0. The molecule has 0 saturated heterocycles. The van der Waals surface area contributed by atoms with E-state index in [1.165, 1.54) is 29.1 Å². The number of rotatable bonds is 3. The second-order valence-corrected chi connectivity index (χ2v) is 5.43. The van der Waals surface area contributed by atoms with Gasteiger partial charge in [-0.05, 0) is 36.5 Å². The van der Waals surface area contributed by atoms with E-state index >= 15 is 0 Å². The Labute approximate surface area is 141 Å². The molecule has 2 aromatic carbocycles. The Hall–Kier alpha value is -2.64. The molecule has 0 aliphatic carbocycles. The first kappa shape index (κ1) is 15.3. The summed E-state index contributed by atoms with van der Waals surface area (Å²) in [5.74, 6) is 0.328. The van der Waals surface area contributed by atoms with E-state index in [2.05, 4.69) is 15.3 Å². The van der Waals surface area contributed by atoms with Gasteiger partial charge in [-0.25, -0.2) is 5.10 Å². The molecule has 116 valence electrons. The molecule has 0 radical (unpaired) electrons. The van der Waals surface area contributed by atoms with Gasteiger partial charge in [-0.1, -0.05) is 23.7 Å². The molecule has 0 aliphatic heterocycles. The number of nitrogens with zero attached hydrogens (tertiary/aromatic N) is 3. The minimum absolute atomic E-state index is 0.0312. The van der Waals surface area contributed by atoms with Crippen molar-refractivity contribution in [2.24, 2.45) is 5.10 Å². The van der Waals surface area contributed by atoms with Crippen LogP contribution in [0.4, 0.5) is 0 Å². The Balaban J connectivity index is 2.04. The molecular weight excluding hydrogens is 336 g/mol. The molecule has 0 unspecified atom stereocenters. The van der Waals surface area contributed by atoms with E-state index in [1.807, 2.05) is 12.1 Å². The number of hydrogen-bond acceptors (Lipinski definition) is 5.